The van der Waals surface area contributed by atoms with Crippen molar-refractivity contribution in [2.75, 3.05) is 6.61 Å². The minimum absolute atomic E-state index is 0.111. The van der Waals surface area contributed by atoms with Gasteiger partial charge in [-0.3, -0.25) is 0 Å². The van der Waals surface area contributed by atoms with E-state index in [1.165, 1.54) is 5.57 Å². The van der Waals surface area contributed by atoms with E-state index in [1.807, 2.05) is 12.1 Å². The highest BCUT2D eigenvalue weighted by Crippen LogP contribution is 2.49. The van der Waals surface area contributed by atoms with Crippen LogP contribution in [0.4, 0.5) is 0 Å². The largest absolute Gasteiger partial charge is 0.467 e. The normalized spacial score (nSPS) is 41.1. The molecule has 3 rings (SSSR count). The second-order valence-corrected chi connectivity index (χ2v) is 5.59. The van der Waals surface area contributed by atoms with E-state index in [-0.39, 0.29) is 6.10 Å². The van der Waals surface area contributed by atoms with Crippen LogP contribution in [0.15, 0.2) is 34.5 Å². The van der Waals surface area contributed by atoms with Gasteiger partial charge in [0.15, 0.2) is 0 Å². The first kappa shape index (κ1) is 11.1. The van der Waals surface area contributed by atoms with Crippen LogP contribution in [-0.4, -0.2) is 6.61 Å². The average molecular weight is 232 g/mol. The second-order valence-electron chi connectivity index (χ2n) is 5.59. The fourth-order valence-electron chi connectivity index (χ4n) is 3.66. The lowest BCUT2D eigenvalue weighted by molar-refractivity contribution is -0.101. The molecule has 0 unspecified atom stereocenters. The summed E-state index contributed by atoms with van der Waals surface area (Å²) in [5, 5.41) is 0. The number of hydrogen-bond donors (Lipinski definition) is 0. The molecule has 1 aromatic heterocycles. The van der Waals surface area contributed by atoms with Crippen LogP contribution in [0.5, 0.6) is 0 Å². The Morgan fingerprint density at radius 2 is 2.12 bits per heavy atom. The van der Waals surface area contributed by atoms with Crippen molar-refractivity contribution in [3.05, 3.63) is 35.8 Å². The molecule has 17 heavy (non-hydrogen) atoms. The second kappa shape index (κ2) is 4.02. The Labute approximate surface area is 103 Å². The zero-order valence-corrected chi connectivity index (χ0v) is 10.7. The van der Waals surface area contributed by atoms with Crippen LogP contribution in [0.3, 0.4) is 0 Å². The number of fused-ring (bicyclic) bond motifs is 2. The molecule has 1 fully saturated rings. The standard InChI is InChI=1S/C15H20O2/c1-9-7-10(2)14-11(3)12(9)8-17-15(14)13-5-4-6-16-13/h4-7,9,11-12,14-15H,8H2,1-3H3/t9-,11+,12+,14-,15-/m0/s1. The summed E-state index contributed by atoms with van der Waals surface area (Å²) in [6, 6.07) is 3.98. The number of furan rings is 1. The third-order valence-corrected chi connectivity index (χ3v) is 4.59. The third-order valence-electron chi connectivity index (χ3n) is 4.59. The predicted molar refractivity (Wildman–Crippen MR) is 66.5 cm³/mol. The van der Waals surface area contributed by atoms with Crippen LogP contribution in [0, 0.1) is 23.7 Å². The molecule has 0 aromatic carbocycles. The van der Waals surface area contributed by atoms with Gasteiger partial charge < -0.3 is 9.15 Å². The molecule has 1 aromatic rings. The lowest BCUT2D eigenvalue weighted by Gasteiger charge is -2.46. The fourth-order valence-corrected chi connectivity index (χ4v) is 3.66. The molecule has 2 heteroatoms. The van der Waals surface area contributed by atoms with Crippen LogP contribution < -0.4 is 0 Å². The zero-order chi connectivity index (χ0) is 12.0. The van der Waals surface area contributed by atoms with Crippen LogP contribution in [0.2, 0.25) is 0 Å². The summed E-state index contributed by atoms with van der Waals surface area (Å²) in [4.78, 5) is 0. The summed E-state index contributed by atoms with van der Waals surface area (Å²) >= 11 is 0. The molecule has 2 bridgehead atoms. The van der Waals surface area contributed by atoms with Gasteiger partial charge in [-0.05, 0) is 36.8 Å². The number of allylic oxidation sites excluding steroid dienone is 1. The summed E-state index contributed by atoms with van der Waals surface area (Å²) in [7, 11) is 0. The van der Waals surface area contributed by atoms with Gasteiger partial charge >= 0.3 is 0 Å². The van der Waals surface area contributed by atoms with Crippen molar-refractivity contribution >= 4 is 0 Å². The minimum atomic E-state index is 0.111. The summed E-state index contributed by atoms with van der Waals surface area (Å²) < 4.78 is 11.6. The van der Waals surface area contributed by atoms with Gasteiger partial charge in [-0.2, -0.15) is 0 Å². The highest BCUT2D eigenvalue weighted by Gasteiger charge is 2.44. The number of ether oxygens (including phenoxy) is 1. The van der Waals surface area contributed by atoms with Gasteiger partial charge in [0.05, 0.1) is 12.9 Å². The van der Waals surface area contributed by atoms with Gasteiger partial charge in [-0.25, -0.2) is 0 Å². The van der Waals surface area contributed by atoms with Crippen molar-refractivity contribution < 1.29 is 9.15 Å². The van der Waals surface area contributed by atoms with E-state index in [0.717, 1.165) is 12.4 Å². The van der Waals surface area contributed by atoms with Gasteiger partial charge in [-0.1, -0.05) is 25.5 Å². The molecular formula is C15H20O2. The molecule has 0 saturated carbocycles. The van der Waals surface area contributed by atoms with Crippen LogP contribution in [0.1, 0.15) is 32.6 Å². The Kier molecular flexibility index (Phi) is 2.62. The van der Waals surface area contributed by atoms with Gasteiger partial charge in [0.2, 0.25) is 0 Å². The van der Waals surface area contributed by atoms with Crippen molar-refractivity contribution in [1.82, 2.24) is 0 Å². The van der Waals surface area contributed by atoms with E-state index >= 15 is 0 Å². The number of hydrogen-bond acceptors (Lipinski definition) is 2. The highest BCUT2D eigenvalue weighted by atomic mass is 16.5. The minimum Gasteiger partial charge on any atom is -0.467 e. The first-order valence-electron chi connectivity index (χ1n) is 6.52. The maximum Gasteiger partial charge on any atom is 0.133 e. The Balaban J connectivity index is 1.97. The lowest BCUT2D eigenvalue weighted by atomic mass is 9.65. The van der Waals surface area contributed by atoms with Gasteiger partial charge in [-0.15, -0.1) is 0 Å². The molecule has 2 heterocycles. The maximum absolute atomic E-state index is 6.07. The third kappa shape index (κ3) is 1.66. The molecule has 5 atom stereocenters. The Morgan fingerprint density at radius 1 is 1.29 bits per heavy atom. The van der Waals surface area contributed by atoms with E-state index in [1.54, 1.807) is 6.26 Å². The van der Waals surface area contributed by atoms with E-state index in [2.05, 4.69) is 26.8 Å². The van der Waals surface area contributed by atoms with Gasteiger partial charge in [0.1, 0.15) is 11.9 Å². The SMILES string of the molecule is CC1=C[C@H](C)[C@H]2CO[C@@H](c3ccco3)[C@@H]1[C@@H]2C. The zero-order valence-electron chi connectivity index (χ0n) is 10.7. The van der Waals surface area contributed by atoms with Crippen molar-refractivity contribution in [3.8, 4) is 0 Å². The molecule has 0 amide bonds. The molecule has 0 radical (unpaired) electrons. The molecule has 0 spiro atoms. The molecule has 2 aliphatic rings. The average Bonchev–Trinajstić information content (AvgIpc) is 2.78. The molecule has 1 saturated heterocycles. The van der Waals surface area contributed by atoms with Crippen molar-refractivity contribution in [1.29, 1.82) is 0 Å². The van der Waals surface area contributed by atoms with E-state index in [4.69, 9.17) is 9.15 Å². The predicted octanol–water partition coefficient (Wildman–Crippen LogP) is 3.82. The Hall–Kier alpha value is -1.02. The van der Waals surface area contributed by atoms with Crippen LogP contribution >= 0.6 is 0 Å². The van der Waals surface area contributed by atoms with E-state index in [9.17, 15) is 0 Å². The quantitative estimate of drug-likeness (QED) is 0.687. The van der Waals surface area contributed by atoms with Crippen LogP contribution in [0.25, 0.3) is 0 Å². The molecule has 0 N–H and O–H groups in total. The molecule has 1 aliphatic carbocycles. The molecule has 1 aliphatic heterocycles. The van der Waals surface area contributed by atoms with E-state index in [0.29, 0.717) is 23.7 Å². The summed E-state index contributed by atoms with van der Waals surface area (Å²) in [6.45, 7) is 7.75. The van der Waals surface area contributed by atoms with Crippen molar-refractivity contribution in [2.24, 2.45) is 23.7 Å². The number of rotatable bonds is 1. The van der Waals surface area contributed by atoms with Crippen LogP contribution in [-0.2, 0) is 4.74 Å². The first-order chi connectivity index (χ1) is 8.18. The van der Waals surface area contributed by atoms with Gasteiger partial charge in [0.25, 0.3) is 0 Å². The van der Waals surface area contributed by atoms with E-state index < -0.39 is 0 Å². The smallest absolute Gasteiger partial charge is 0.133 e. The maximum atomic E-state index is 6.07. The first-order valence-corrected chi connectivity index (χ1v) is 6.52. The molecular weight excluding hydrogens is 212 g/mol. The topological polar surface area (TPSA) is 22.4 Å². The Morgan fingerprint density at radius 3 is 2.82 bits per heavy atom. The highest BCUT2D eigenvalue weighted by molar-refractivity contribution is 5.20. The monoisotopic (exact) mass is 232 g/mol. The Bertz CT molecular complexity index is 418. The summed E-state index contributed by atoms with van der Waals surface area (Å²) in [6.07, 6.45) is 4.27. The molecule has 2 nitrogen and oxygen atoms in total. The lowest BCUT2D eigenvalue weighted by Crippen LogP contribution is -2.42. The van der Waals surface area contributed by atoms with Crippen molar-refractivity contribution in [3.63, 3.8) is 0 Å². The summed E-state index contributed by atoms with van der Waals surface area (Å²) in [5.41, 5.74) is 1.46. The fraction of sp³-hybridized carbons (Fsp3) is 0.600. The molecule has 92 valence electrons. The summed E-state index contributed by atoms with van der Waals surface area (Å²) in [5.74, 6) is 3.44. The van der Waals surface area contributed by atoms with Gasteiger partial charge in [0, 0.05) is 5.92 Å². The van der Waals surface area contributed by atoms with Crippen molar-refractivity contribution in [2.45, 2.75) is 26.9 Å².